The SMILES string of the molecule is C=CCN(c1nc2c(cc1C(=O)O)CCC2)C(C)C. The predicted octanol–water partition coefficient (Wildman–Crippen LogP) is 2.67. The fraction of sp³-hybridized carbons (Fsp3) is 0.467. The van der Waals surface area contributed by atoms with E-state index in [4.69, 9.17) is 0 Å². The highest BCUT2D eigenvalue weighted by Crippen LogP contribution is 2.28. The van der Waals surface area contributed by atoms with Crippen LogP contribution in [0.1, 0.15) is 41.9 Å². The summed E-state index contributed by atoms with van der Waals surface area (Å²) in [6.07, 6.45) is 4.73. The Morgan fingerprint density at radius 2 is 2.32 bits per heavy atom. The molecule has 0 saturated carbocycles. The number of carboxylic acid groups (broad SMARTS) is 1. The van der Waals surface area contributed by atoms with Gasteiger partial charge >= 0.3 is 5.97 Å². The molecule has 1 N–H and O–H groups in total. The number of hydrogen-bond acceptors (Lipinski definition) is 3. The zero-order valence-corrected chi connectivity index (χ0v) is 11.5. The predicted molar refractivity (Wildman–Crippen MR) is 75.9 cm³/mol. The van der Waals surface area contributed by atoms with E-state index in [1.165, 1.54) is 0 Å². The first kappa shape index (κ1) is 13.6. The largest absolute Gasteiger partial charge is 0.478 e. The Bertz CT molecular complexity index is 509. The Morgan fingerprint density at radius 3 is 2.89 bits per heavy atom. The van der Waals surface area contributed by atoms with Crippen molar-refractivity contribution in [2.75, 3.05) is 11.4 Å². The van der Waals surface area contributed by atoms with Crippen LogP contribution in [0.4, 0.5) is 5.82 Å². The van der Waals surface area contributed by atoms with Gasteiger partial charge in [-0.05, 0) is 44.7 Å². The van der Waals surface area contributed by atoms with Crippen molar-refractivity contribution in [2.24, 2.45) is 0 Å². The summed E-state index contributed by atoms with van der Waals surface area (Å²) in [4.78, 5) is 18.1. The molecule has 1 heterocycles. The minimum Gasteiger partial charge on any atom is -0.478 e. The van der Waals surface area contributed by atoms with Crippen LogP contribution in [0.25, 0.3) is 0 Å². The van der Waals surface area contributed by atoms with E-state index >= 15 is 0 Å². The highest BCUT2D eigenvalue weighted by molar-refractivity contribution is 5.93. The molecule has 4 nitrogen and oxygen atoms in total. The number of aryl methyl sites for hydroxylation is 2. The quantitative estimate of drug-likeness (QED) is 0.827. The maximum Gasteiger partial charge on any atom is 0.339 e. The molecule has 0 amide bonds. The number of aromatic nitrogens is 1. The lowest BCUT2D eigenvalue weighted by Crippen LogP contribution is -2.33. The molecule has 0 bridgehead atoms. The third kappa shape index (κ3) is 2.62. The smallest absolute Gasteiger partial charge is 0.339 e. The van der Waals surface area contributed by atoms with Crippen LogP contribution >= 0.6 is 0 Å². The zero-order chi connectivity index (χ0) is 14.0. The summed E-state index contributed by atoms with van der Waals surface area (Å²) >= 11 is 0. The Morgan fingerprint density at radius 1 is 1.58 bits per heavy atom. The normalized spacial score (nSPS) is 13.4. The molecule has 1 aromatic heterocycles. The van der Waals surface area contributed by atoms with E-state index in [2.05, 4.69) is 11.6 Å². The molecule has 0 spiro atoms. The fourth-order valence-electron chi connectivity index (χ4n) is 2.52. The molecule has 1 aromatic rings. The van der Waals surface area contributed by atoms with E-state index in [0.29, 0.717) is 17.9 Å². The Kier molecular flexibility index (Phi) is 3.88. The van der Waals surface area contributed by atoms with Crippen molar-refractivity contribution >= 4 is 11.8 Å². The van der Waals surface area contributed by atoms with Gasteiger partial charge in [-0.2, -0.15) is 0 Å². The lowest BCUT2D eigenvalue weighted by Gasteiger charge is -2.28. The highest BCUT2D eigenvalue weighted by Gasteiger charge is 2.24. The number of aromatic carboxylic acids is 1. The van der Waals surface area contributed by atoms with E-state index in [1.807, 2.05) is 18.7 Å². The molecule has 19 heavy (non-hydrogen) atoms. The van der Waals surface area contributed by atoms with Gasteiger partial charge in [0, 0.05) is 18.3 Å². The average Bonchev–Trinajstić information content (AvgIpc) is 2.81. The van der Waals surface area contributed by atoms with Gasteiger partial charge in [-0.1, -0.05) is 6.08 Å². The van der Waals surface area contributed by atoms with Gasteiger partial charge in [0.25, 0.3) is 0 Å². The van der Waals surface area contributed by atoms with Gasteiger partial charge in [-0.25, -0.2) is 9.78 Å². The van der Waals surface area contributed by atoms with Crippen molar-refractivity contribution < 1.29 is 9.90 Å². The number of rotatable bonds is 5. The number of hydrogen-bond donors (Lipinski definition) is 1. The zero-order valence-electron chi connectivity index (χ0n) is 11.5. The summed E-state index contributed by atoms with van der Waals surface area (Å²) in [7, 11) is 0. The first-order chi connectivity index (χ1) is 9.04. The van der Waals surface area contributed by atoms with Gasteiger partial charge in [-0.15, -0.1) is 6.58 Å². The number of carbonyl (C=O) groups is 1. The van der Waals surface area contributed by atoms with Crippen LogP contribution in [-0.2, 0) is 12.8 Å². The van der Waals surface area contributed by atoms with E-state index in [0.717, 1.165) is 30.5 Å². The molecular weight excluding hydrogens is 240 g/mol. The molecule has 0 atom stereocenters. The van der Waals surface area contributed by atoms with Crippen LogP contribution in [-0.4, -0.2) is 28.6 Å². The monoisotopic (exact) mass is 260 g/mol. The maximum absolute atomic E-state index is 11.5. The van der Waals surface area contributed by atoms with Crippen molar-refractivity contribution in [3.8, 4) is 0 Å². The van der Waals surface area contributed by atoms with Crippen molar-refractivity contribution in [3.63, 3.8) is 0 Å². The summed E-state index contributed by atoms with van der Waals surface area (Å²) < 4.78 is 0. The van der Waals surface area contributed by atoms with E-state index < -0.39 is 5.97 Å². The molecule has 0 unspecified atom stereocenters. The van der Waals surface area contributed by atoms with Crippen LogP contribution in [0, 0.1) is 0 Å². The van der Waals surface area contributed by atoms with E-state index in [-0.39, 0.29) is 6.04 Å². The summed E-state index contributed by atoms with van der Waals surface area (Å²) in [6.45, 7) is 8.40. The number of anilines is 1. The molecular formula is C15H20N2O2. The van der Waals surface area contributed by atoms with Gasteiger partial charge in [0.05, 0.1) is 0 Å². The molecule has 102 valence electrons. The third-order valence-electron chi connectivity index (χ3n) is 3.48. The van der Waals surface area contributed by atoms with Gasteiger partial charge in [-0.3, -0.25) is 0 Å². The molecule has 2 rings (SSSR count). The second kappa shape index (κ2) is 5.43. The number of fused-ring (bicyclic) bond motifs is 1. The topological polar surface area (TPSA) is 53.4 Å². The van der Waals surface area contributed by atoms with Crippen LogP contribution in [0.2, 0.25) is 0 Å². The van der Waals surface area contributed by atoms with Crippen LogP contribution < -0.4 is 4.90 Å². The molecule has 0 radical (unpaired) electrons. The highest BCUT2D eigenvalue weighted by atomic mass is 16.4. The molecule has 0 aliphatic heterocycles. The Hall–Kier alpha value is -1.84. The minimum atomic E-state index is -0.910. The van der Waals surface area contributed by atoms with Gasteiger partial charge in [0.2, 0.25) is 0 Å². The number of nitrogens with zero attached hydrogens (tertiary/aromatic N) is 2. The first-order valence-electron chi connectivity index (χ1n) is 6.68. The molecule has 1 aliphatic carbocycles. The molecule has 1 aliphatic rings. The first-order valence-corrected chi connectivity index (χ1v) is 6.68. The van der Waals surface area contributed by atoms with Crippen LogP contribution in [0.5, 0.6) is 0 Å². The van der Waals surface area contributed by atoms with Gasteiger partial charge < -0.3 is 10.0 Å². The molecule has 4 heteroatoms. The minimum absolute atomic E-state index is 0.183. The summed E-state index contributed by atoms with van der Waals surface area (Å²) in [6, 6.07) is 1.98. The maximum atomic E-state index is 11.5. The van der Waals surface area contributed by atoms with E-state index in [1.54, 1.807) is 12.1 Å². The third-order valence-corrected chi connectivity index (χ3v) is 3.48. The molecule has 0 fully saturated rings. The fourth-order valence-corrected chi connectivity index (χ4v) is 2.52. The standard InChI is InChI=1S/C15H20N2O2/c1-4-8-17(10(2)3)14-12(15(18)19)9-11-6-5-7-13(11)16-14/h4,9-10H,1,5-8H2,2-3H3,(H,18,19). The van der Waals surface area contributed by atoms with Crippen molar-refractivity contribution in [1.82, 2.24) is 4.98 Å². The van der Waals surface area contributed by atoms with Crippen molar-refractivity contribution in [2.45, 2.75) is 39.2 Å². The summed E-state index contributed by atoms with van der Waals surface area (Å²) in [5.41, 5.74) is 2.44. The average molecular weight is 260 g/mol. The second-order valence-corrected chi connectivity index (χ2v) is 5.16. The summed E-state index contributed by atoms with van der Waals surface area (Å²) in [5.74, 6) is -0.338. The lowest BCUT2D eigenvalue weighted by molar-refractivity contribution is 0.0697. The van der Waals surface area contributed by atoms with Crippen LogP contribution in [0.3, 0.4) is 0 Å². The number of carboxylic acids is 1. The Labute approximate surface area is 113 Å². The molecule has 0 aromatic carbocycles. The van der Waals surface area contributed by atoms with Gasteiger partial charge in [0.15, 0.2) is 0 Å². The van der Waals surface area contributed by atoms with Crippen molar-refractivity contribution in [1.29, 1.82) is 0 Å². The molecule has 0 saturated heterocycles. The number of pyridine rings is 1. The van der Waals surface area contributed by atoms with Crippen molar-refractivity contribution in [3.05, 3.63) is 35.5 Å². The lowest BCUT2D eigenvalue weighted by atomic mass is 10.1. The summed E-state index contributed by atoms with van der Waals surface area (Å²) in [5, 5.41) is 9.40. The van der Waals surface area contributed by atoms with Gasteiger partial charge in [0.1, 0.15) is 11.4 Å². The van der Waals surface area contributed by atoms with Crippen LogP contribution in [0.15, 0.2) is 18.7 Å². The van der Waals surface area contributed by atoms with E-state index in [9.17, 15) is 9.90 Å². The Balaban J connectivity index is 2.53. The second-order valence-electron chi connectivity index (χ2n) is 5.16.